The number of hydrogen-bond acceptors (Lipinski definition) is 5. The second-order valence-electron chi connectivity index (χ2n) is 5.03. The Kier molecular flexibility index (Phi) is 5.38. The minimum absolute atomic E-state index is 0.453. The maximum Gasteiger partial charge on any atom is 0.318 e. The molecule has 7 nitrogen and oxygen atoms in total. The molecule has 0 radical (unpaired) electrons. The van der Waals surface area contributed by atoms with Crippen LogP contribution in [0.5, 0.6) is 0 Å². The number of nitrogens with two attached hydrogens (primary N) is 1. The average Bonchev–Trinajstić information content (AvgIpc) is 2.89. The van der Waals surface area contributed by atoms with Crippen LogP contribution >= 0.6 is 11.8 Å². The molecule has 1 heterocycles. The number of primary amides is 1. The van der Waals surface area contributed by atoms with Gasteiger partial charge in [0.2, 0.25) is 5.91 Å². The molecule has 1 aromatic heterocycles. The highest BCUT2D eigenvalue weighted by molar-refractivity contribution is 8.00. The summed E-state index contributed by atoms with van der Waals surface area (Å²) in [7, 11) is 0. The first-order valence-electron chi connectivity index (χ1n) is 7.19. The number of urea groups is 1. The van der Waals surface area contributed by atoms with Crippen LogP contribution in [0.1, 0.15) is 19.4 Å². The van der Waals surface area contributed by atoms with Gasteiger partial charge < -0.3 is 10.3 Å². The quantitative estimate of drug-likeness (QED) is 0.814. The third-order valence-corrected chi connectivity index (χ3v) is 4.29. The number of amides is 3. The number of nitrogens with one attached hydrogen (secondary N) is 1. The number of carbonyl (C=O) groups excluding carboxylic acids is 2. The van der Waals surface area contributed by atoms with Crippen molar-refractivity contribution in [3.8, 4) is 11.4 Å². The van der Waals surface area contributed by atoms with E-state index in [4.69, 9.17) is 5.73 Å². The van der Waals surface area contributed by atoms with E-state index in [9.17, 15) is 9.59 Å². The second-order valence-corrected chi connectivity index (χ2v) is 6.34. The van der Waals surface area contributed by atoms with Crippen LogP contribution in [0.2, 0.25) is 0 Å². The number of carbonyl (C=O) groups is 2. The van der Waals surface area contributed by atoms with Crippen LogP contribution in [-0.2, 0) is 11.3 Å². The lowest BCUT2D eigenvalue weighted by Crippen LogP contribution is -2.39. The van der Waals surface area contributed by atoms with E-state index in [1.807, 2.05) is 42.7 Å². The zero-order chi connectivity index (χ0) is 17.0. The second kappa shape index (κ2) is 7.28. The van der Waals surface area contributed by atoms with Gasteiger partial charge in [-0.1, -0.05) is 35.5 Å². The van der Waals surface area contributed by atoms with Crippen molar-refractivity contribution < 1.29 is 9.59 Å². The highest BCUT2D eigenvalue weighted by Gasteiger charge is 2.21. The van der Waals surface area contributed by atoms with Crippen molar-refractivity contribution >= 4 is 23.7 Å². The summed E-state index contributed by atoms with van der Waals surface area (Å²) in [5.74, 6) is 0.298. The molecule has 0 aliphatic heterocycles. The van der Waals surface area contributed by atoms with Crippen molar-refractivity contribution in [2.24, 2.45) is 5.73 Å². The number of hydrogen-bond donors (Lipinski definition) is 2. The van der Waals surface area contributed by atoms with Gasteiger partial charge in [0, 0.05) is 12.1 Å². The Morgan fingerprint density at radius 1 is 1.39 bits per heavy atom. The van der Waals surface area contributed by atoms with Gasteiger partial charge >= 0.3 is 6.03 Å². The van der Waals surface area contributed by atoms with Gasteiger partial charge in [0.15, 0.2) is 11.0 Å². The van der Waals surface area contributed by atoms with E-state index in [0.717, 1.165) is 17.0 Å². The van der Waals surface area contributed by atoms with Crippen LogP contribution < -0.4 is 11.1 Å². The molecule has 2 aromatic rings. The molecule has 0 bridgehead atoms. The minimum atomic E-state index is -0.861. The first kappa shape index (κ1) is 17.0. The smallest absolute Gasteiger partial charge is 0.318 e. The predicted octanol–water partition coefficient (Wildman–Crippen LogP) is 1.95. The zero-order valence-corrected chi connectivity index (χ0v) is 14.1. The number of imide groups is 1. The lowest BCUT2D eigenvalue weighted by molar-refractivity contribution is -0.119. The molecule has 1 aromatic carbocycles. The van der Waals surface area contributed by atoms with E-state index in [-0.39, 0.29) is 0 Å². The van der Waals surface area contributed by atoms with Gasteiger partial charge in [-0.15, -0.1) is 10.2 Å². The van der Waals surface area contributed by atoms with Gasteiger partial charge in [-0.05, 0) is 26.8 Å². The maximum atomic E-state index is 11.8. The highest BCUT2D eigenvalue weighted by atomic mass is 32.2. The Hall–Kier alpha value is -2.35. The molecule has 122 valence electrons. The molecule has 1 unspecified atom stereocenters. The molecular formula is C15H19N5O2S. The van der Waals surface area contributed by atoms with Gasteiger partial charge in [0.1, 0.15) is 0 Å². The fourth-order valence-corrected chi connectivity index (χ4v) is 3.01. The minimum Gasteiger partial charge on any atom is -0.351 e. The van der Waals surface area contributed by atoms with Crippen LogP contribution in [0.4, 0.5) is 4.79 Å². The van der Waals surface area contributed by atoms with E-state index in [1.54, 1.807) is 6.92 Å². The molecule has 3 N–H and O–H groups in total. The summed E-state index contributed by atoms with van der Waals surface area (Å²) in [4.78, 5) is 22.5. The van der Waals surface area contributed by atoms with Crippen molar-refractivity contribution in [3.63, 3.8) is 0 Å². The molecule has 0 fully saturated rings. The van der Waals surface area contributed by atoms with Gasteiger partial charge in [-0.3, -0.25) is 10.1 Å². The topological polar surface area (TPSA) is 103 Å². The Morgan fingerprint density at radius 2 is 2.13 bits per heavy atom. The van der Waals surface area contributed by atoms with Crippen molar-refractivity contribution in [2.45, 2.75) is 37.7 Å². The fraction of sp³-hybridized carbons (Fsp3) is 0.333. The lowest BCUT2D eigenvalue weighted by Gasteiger charge is -2.11. The van der Waals surface area contributed by atoms with Crippen molar-refractivity contribution in [2.75, 3.05) is 0 Å². The third-order valence-electron chi connectivity index (χ3n) is 3.21. The van der Waals surface area contributed by atoms with E-state index in [1.165, 1.54) is 11.8 Å². The maximum absolute atomic E-state index is 11.8. The van der Waals surface area contributed by atoms with Crippen LogP contribution in [0.3, 0.4) is 0 Å². The summed E-state index contributed by atoms with van der Waals surface area (Å²) in [6.45, 7) is 6.36. The Labute approximate surface area is 138 Å². The number of rotatable bonds is 5. The van der Waals surface area contributed by atoms with Crippen molar-refractivity contribution in [3.05, 3.63) is 29.8 Å². The van der Waals surface area contributed by atoms with Crippen LogP contribution in [0.15, 0.2) is 29.4 Å². The largest absolute Gasteiger partial charge is 0.351 e. The molecule has 0 aliphatic carbocycles. The standard InChI is InChI=1S/C15H19N5O2S/c1-4-20-12(11-7-5-6-9(2)8-11)18-19-15(20)23-10(3)13(21)17-14(16)22/h5-8,10H,4H2,1-3H3,(H3,16,17,21,22). The normalized spacial score (nSPS) is 12.0. The third kappa shape index (κ3) is 4.10. The molecule has 2 rings (SSSR count). The SMILES string of the molecule is CCn1c(SC(C)C(=O)NC(N)=O)nnc1-c1cccc(C)c1. The molecule has 8 heteroatoms. The van der Waals surface area contributed by atoms with E-state index in [2.05, 4.69) is 15.5 Å². The first-order valence-corrected chi connectivity index (χ1v) is 8.07. The summed E-state index contributed by atoms with van der Waals surface area (Å²) in [5, 5.41) is 10.6. The molecule has 0 aliphatic rings. The Bertz CT molecular complexity index is 728. The highest BCUT2D eigenvalue weighted by Crippen LogP contribution is 2.27. The molecule has 23 heavy (non-hydrogen) atoms. The number of aromatic nitrogens is 3. The number of thioether (sulfide) groups is 1. The van der Waals surface area contributed by atoms with E-state index < -0.39 is 17.2 Å². The van der Waals surface area contributed by atoms with Crippen molar-refractivity contribution in [1.29, 1.82) is 0 Å². The summed E-state index contributed by atoms with van der Waals surface area (Å²) in [6.07, 6.45) is 0. The summed E-state index contributed by atoms with van der Waals surface area (Å²) in [5.41, 5.74) is 7.07. The van der Waals surface area contributed by atoms with Gasteiger partial charge in [0.25, 0.3) is 0 Å². The van der Waals surface area contributed by atoms with Crippen LogP contribution in [0.25, 0.3) is 11.4 Å². The monoisotopic (exact) mass is 333 g/mol. The Morgan fingerprint density at radius 3 is 2.74 bits per heavy atom. The average molecular weight is 333 g/mol. The predicted molar refractivity (Wildman–Crippen MR) is 88.9 cm³/mol. The van der Waals surface area contributed by atoms with E-state index >= 15 is 0 Å². The molecule has 3 amide bonds. The molecule has 0 saturated heterocycles. The van der Waals surface area contributed by atoms with Gasteiger partial charge in [-0.2, -0.15) is 0 Å². The van der Waals surface area contributed by atoms with Gasteiger partial charge in [-0.25, -0.2) is 4.79 Å². The van der Waals surface area contributed by atoms with Crippen molar-refractivity contribution in [1.82, 2.24) is 20.1 Å². The Balaban J connectivity index is 2.24. The number of benzene rings is 1. The number of aryl methyl sites for hydroxylation is 1. The molecular weight excluding hydrogens is 314 g/mol. The van der Waals surface area contributed by atoms with Crippen LogP contribution in [-0.4, -0.2) is 32.0 Å². The van der Waals surface area contributed by atoms with Gasteiger partial charge in [0.05, 0.1) is 5.25 Å². The molecule has 1 atom stereocenters. The summed E-state index contributed by atoms with van der Waals surface area (Å²) in [6, 6.07) is 7.13. The molecule has 0 saturated carbocycles. The van der Waals surface area contributed by atoms with E-state index in [0.29, 0.717) is 11.7 Å². The summed E-state index contributed by atoms with van der Waals surface area (Å²) < 4.78 is 1.94. The first-order chi connectivity index (χ1) is 10.9. The fourth-order valence-electron chi connectivity index (χ4n) is 2.09. The lowest BCUT2D eigenvalue weighted by atomic mass is 10.1. The number of nitrogens with zero attached hydrogens (tertiary/aromatic N) is 3. The zero-order valence-electron chi connectivity index (χ0n) is 13.2. The summed E-state index contributed by atoms with van der Waals surface area (Å²) >= 11 is 1.23. The van der Waals surface area contributed by atoms with Crippen LogP contribution in [0, 0.1) is 6.92 Å². The molecule has 0 spiro atoms.